The molecule has 3 rings (SSSR count). The molecule has 2 aliphatic heterocycles. The van der Waals surface area contributed by atoms with Crippen molar-refractivity contribution in [2.24, 2.45) is 11.8 Å². The minimum absolute atomic E-state index is 0.679. The summed E-state index contributed by atoms with van der Waals surface area (Å²) in [5.41, 5.74) is 3.21. The maximum absolute atomic E-state index is 10.6. The third kappa shape index (κ3) is 4.14. The molecule has 2 heterocycles. The Morgan fingerprint density at radius 3 is 2.70 bits per heavy atom. The molecule has 0 aromatic heterocycles. The molecule has 1 fully saturated rings. The summed E-state index contributed by atoms with van der Waals surface area (Å²) < 4.78 is 37.5. The minimum atomic E-state index is -5.08. The number of nitrogens with zero attached hydrogens (tertiary/aromatic N) is 1. The number of alkyl halides is 3. The first-order chi connectivity index (χ1) is 10.7. The second-order valence-corrected chi connectivity index (χ2v) is 6.25. The summed E-state index contributed by atoms with van der Waals surface area (Å²) in [4.78, 5) is 11.4. The number of hydrogen-bond acceptors (Lipinski definition) is 3. The van der Waals surface area contributed by atoms with Crippen LogP contribution in [0.5, 0.6) is 0 Å². The molecule has 0 saturated carbocycles. The predicted molar refractivity (Wildman–Crippen MR) is 79.0 cm³/mol. The van der Waals surface area contributed by atoms with Crippen LogP contribution >= 0.6 is 0 Å². The van der Waals surface area contributed by atoms with Gasteiger partial charge in [0.25, 0.3) is 0 Å². The lowest BCUT2D eigenvalue weighted by molar-refractivity contribution is -0.192. The van der Waals surface area contributed by atoms with Crippen molar-refractivity contribution in [2.45, 2.75) is 32.0 Å². The van der Waals surface area contributed by atoms with Crippen molar-refractivity contribution in [2.75, 3.05) is 26.8 Å². The fourth-order valence-electron chi connectivity index (χ4n) is 3.48. The molecule has 1 aliphatic carbocycles. The summed E-state index contributed by atoms with van der Waals surface area (Å²) in [6.45, 7) is 5.38. The SMILES string of the molecule is CC1C2CC=CC3=C2C(CCN1C)COC3.O=C(O)C(F)(F)F. The van der Waals surface area contributed by atoms with Gasteiger partial charge in [-0.2, -0.15) is 13.2 Å². The lowest BCUT2D eigenvalue weighted by Gasteiger charge is -2.36. The number of allylic oxidation sites excluding steroid dienone is 1. The summed E-state index contributed by atoms with van der Waals surface area (Å²) >= 11 is 0. The third-order valence-electron chi connectivity index (χ3n) is 4.85. The van der Waals surface area contributed by atoms with Crippen LogP contribution in [-0.2, 0) is 9.53 Å². The highest BCUT2D eigenvalue weighted by atomic mass is 19.4. The van der Waals surface area contributed by atoms with E-state index in [0.717, 1.165) is 19.1 Å². The van der Waals surface area contributed by atoms with Crippen LogP contribution in [0.25, 0.3) is 0 Å². The molecule has 0 bridgehead atoms. The second-order valence-electron chi connectivity index (χ2n) is 6.25. The van der Waals surface area contributed by atoms with Gasteiger partial charge >= 0.3 is 12.1 Å². The Balaban J connectivity index is 0.000000236. The summed E-state index contributed by atoms with van der Waals surface area (Å²) in [5.74, 6) is -1.33. The Morgan fingerprint density at radius 2 is 2.09 bits per heavy atom. The zero-order valence-electron chi connectivity index (χ0n) is 13.3. The highest BCUT2D eigenvalue weighted by Crippen LogP contribution is 2.41. The second kappa shape index (κ2) is 7.05. The first-order valence-corrected chi connectivity index (χ1v) is 7.69. The van der Waals surface area contributed by atoms with Gasteiger partial charge in [0.05, 0.1) is 13.2 Å². The standard InChI is InChI=1S/C14H21NO.C2HF3O2/c1-10-13-5-3-4-11-8-16-9-12(14(11)13)6-7-15(10)2;3-2(4,5)1(6)7/h3-4,10,12-13H,5-9H2,1-2H3;(H,6,7). The van der Waals surface area contributed by atoms with Crippen LogP contribution < -0.4 is 0 Å². The van der Waals surface area contributed by atoms with Crippen molar-refractivity contribution in [3.8, 4) is 0 Å². The topological polar surface area (TPSA) is 49.8 Å². The Bertz CT molecular complexity index is 513. The van der Waals surface area contributed by atoms with Crippen LogP contribution in [0.1, 0.15) is 19.8 Å². The van der Waals surface area contributed by atoms with Crippen molar-refractivity contribution < 1.29 is 27.8 Å². The summed E-state index contributed by atoms with van der Waals surface area (Å²) in [5, 5.41) is 7.12. The Kier molecular flexibility index (Phi) is 5.52. The monoisotopic (exact) mass is 333 g/mol. The van der Waals surface area contributed by atoms with Gasteiger partial charge < -0.3 is 14.7 Å². The molecule has 4 nitrogen and oxygen atoms in total. The molecular formula is C16H22F3NO3. The quantitative estimate of drug-likeness (QED) is 0.741. The zero-order chi connectivity index (χ0) is 17.2. The molecule has 23 heavy (non-hydrogen) atoms. The first kappa shape index (κ1) is 18.0. The average Bonchev–Trinajstić information content (AvgIpc) is 2.61. The number of rotatable bonds is 0. The van der Waals surface area contributed by atoms with E-state index in [1.807, 2.05) is 0 Å². The summed E-state index contributed by atoms with van der Waals surface area (Å²) in [6.07, 6.45) is 2.05. The predicted octanol–water partition coefficient (Wildman–Crippen LogP) is 2.86. The smallest absolute Gasteiger partial charge is 0.475 e. The fourth-order valence-corrected chi connectivity index (χ4v) is 3.48. The maximum atomic E-state index is 10.6. The van der Waals surface area contributed by atoms with Gasteiger partial charge in [-0.1, -0.05) is 17.7 Å². The molecule has 3 aliphatic rings. The number of ether oxygens (including phenoxy) is 1. The number of likely N-dealkylation sites (tertiary alicyclic amines) is 1. The van der Waals surface area contributed by atoms with E-state index >= 15 is 0 Å². The van der Waals surface area contributed by atoms with Gasteiger partial charge in [-0.05, 0) is 44.8 Å². The lowest BCUT2D eigenvalue weighted by atomic mass is 9.76. The number of carboxylic acid groups (broad SMARTS) is 1. The maximum Gasteiger partial charge on any atom is 0.490 e. The van der Waals surface area contributed by atoms with Gasteiger partial charge in [-0.25, -0.2) is 4.79 Å². The highest BCUT2D eigenvalue weighted by Gasteiger charge is 2.38. The van der Waals surface area contributed by atoms with E-state index in [1.165, 1.54) is 25.0 Å². The molecule has 0 aromatic carbocycles. The Morgan fingerprint density at radius 1 is 1.43 bits per heavy atom. The van der Waals surface area contributed by atoms with Crippen molar-refractivity contribution in [1.29, 1.82) is 0 Å². The van der Waals surface area contributed by atoms with E-state index in [1.54, 1.807) is 5.57 Å². The van der Waals surface area contributed by atoms with Crippen LogP contribution in [0, 0.1) is 11.8 Å². The van der Waals surface area contributed by atoms with E-state index < -0.39 is 12.1 Å². The summed E-state index contributed by atoms with van der Waals surface area (Å²) in [6, 6.07) is 0.679. The molecule has 1 N–H and O–H groups in total. The fraction of sp³-hybridized carbons (Fsp3) is 0.688. The molecule has 0 radical (unpaired) electrons. The van der Waals surface area contributed by atoms with Gasteiger partial charge in [-0.3, -0.25) is 0 Å². The van der Waals surface area contributed by atoms with Crippen molar-refractivity contribution in [3.05, 3.63) is 23.3 Å². The average molecular weight is 333 g/mol. The number of carboxylic acids is 1. The van der Waals surface area contributed by atoms with Gasteiger partial charge in [-0.15, -0.1) is 0 Å². The van der Waals surface area contributed by atoms with E-state index in [4.69, 9.17) is 14.6 Å². The Hall–Kier alpha value is -1.34. The van der Waals surface area contributed by atoms with Crippen LogP contribution in [-0.4, -0.2) is 55.0 Å². The zero-order valence-corrected chi connectivity index (χ0v) is 13.3. The summed E-state index contributed by atoms with van der Waals surface area (Å²) in [7, 11) is 2.27. The number of hydrogen-bond donors (Lipinski definition) is 1. The van der Waals surface area contributed by atoms with Crippen molar-refractivity contribution >= 4 is 5.97 Å². The Labute approximate surface area is 133 Å². The highest BCUT2D eigenvalue weighted by molar-refractivity contribution is 5.73. The molecule has 1 saturated heterocycles. The normalized spacial score (nSPS) is 30.9. The number of halogens is 3. The largest absolute Gasteiger partial charge is 0.490 e. The molecular weight excluding hydrogens is 311 g/mol. The van der Waals surface area contributed by atoms with Gasteiger partial charge in [0.2, 0.25) is 0 Å². The molecule has 3 unspecified atom stereocenters. The molecule has 3 atom stereocenters. The molecule has 130 valence electrons. The van der Waals surface area contributed by atoms with Crippen molar-refractivity contribution in [1.82, 2.24) is 4.90 Å². The minimum Gasteiger partial charge on any atom is -0.475 e. The number of carbonyl (C=O) groups is 1. The van der Waals surface area contributed by atoms with Crippen LogP contribution in [0.3, 0.4) is 0 Å². The van der Waals surface area contributed by atoms with Gasteiger partial charge in [0.1, 0.15) is 0 Å². The number of aliphatic carboxylic acids is 1. The lowest BCUT2D eigenvalue weighted by Crippen LogP contribution is -2.36. The van der Waals surface area contributed by atoms with Crippen LogP contribution in [0.15, 0.2) is 23.3 Å². The molecule has 0 amide bonds. The van der Waals surface area contributed by atoms with E-state index in [2.05, 4.69) is 31.0 Å². The first-order valence-electron chi connectivity index (χ1n) is 7.69. The molecule has 0 spiro atoms. The van der Waals surface area contributed by atoms with E-state index in [0.29, 0.717) is 12.0 Å². The molecule has 7 heteroatoms. The molecule has 0 aromatic rings. The van der Waals surface area contributed by atoms with Gasteiger partial charge in [0.15, 0.2) is 0 Å². The van der Waals surface area contributed by atoms with Crippen LogP contribution in [0.4, 0.5) is 13.2 Å². The van der Waals surface area contributed by atoms with E-state index in [9.17, 15) is 13.2 Å². The van der Waals surface area contributed by atoms with Crippen molar-refractivity contribution in [3.63, 3.8) is 0 Å². The third-order valence-corrected chi connectivity index (χ3v) is 4.85. The van der Waals surface area contributed by atoms with Gasteiger partial charge in [0, 0.05) is 12.0 Å². The van der Waals surface area contributed by atoms with Crippen LogP contribution in [0.2, 0.25) is 0 Å². The van der Waals surface area contributed by atoms with E-state index in [-0.39, 0.29) is 0 Å².